The second-order valence-corrected chi connectivity index (χ2v) is 4.23. The summed E-state index contributed by atoms with van der Waals surface area (Å²) in [7, 11) is 0. The van der Waals surface area contributed by atoms with Gasteiger partial charge in [-0.2, -0.15) is 4.39 Å². The summed E-state index contributed by atoms with van der Waals surface area (Å²) in [6, 6.07) is 8.29. The van der Waals surface area contributed by atoms with E-state index in [9.17, 15) is 13.6 Å². The number of nitrogens with zero attached hydrogens (tertiary/aromatic N) is 1. The molecule has 1 N–H and O–H groups in total. The molecular weight excluding hydrogens is 278 g/mol. The monoisotopic (exact) mass is 292 g/mol. The molecule has 0 atom stereocenters. The number of rotatable bonds is 5. The maximum absolute atomic E-state index is 13.4. The third-order valence-electron chi connectivity index (χ3n) is 2.75. The summed E-state index contributed by atoms with van der Waals surface area (Å²) in [5, 5.41) is 2.52. The van der Waals surface area contributed by atoms with Crippen molar-refractivity contribution in [1.29, 1.82) is 0 Å². The summed E-state index contributed by atoms with van der Waals surface area (Å²) < 4.78 is 31.7. The zero-order valence-electron chi connectivity index (χ0n) is 11.4. The summed E-state index contributed by atoms with van der Waals surface area (Å²) >= 11 is 0. The minimum atomic E-state index is -1.29. The molecule has 1 amide bonds. The lowest BCUT2D eigenvalue weighted by Gasteiger charge is -2.08. The van der Waals surface area contributed by atoms with Crippen molar-refractivity contribution in [3.8, 4) is 5.75 Å². The highest BCUT2D eigenvalue weighted by Crippen LogP contribution is 2.14. The van der Waals surface area contributed by atoms with E-state index in [0.717, 1.165) is 17.8 Å². The second kappa shape index (κ2) is 6.78. The van der Waals surface area contributed by atoms with Crippen LogP contribution >= 0.6 is 0 Å². The van der Waals surface area contributed by atoms with Gasteiger partial charge in [-0.1, -0.05) is 12.1 Å². The third-order valence-corrected chi connectivity index (χ3v) is 2.75. The van der Waals surface area contributed by atoms with Crippen LogP contribution in [-0.4, -0.2) is 17.5 Å². The molecule has 2 rings (SSSR count). The van der Waals surface area contributed by atoms with Gasteiger partial charge in [0.15, 0.2) is 5.82 Å². The largest absolute Gasteiger partial charge is 0.494 e. The SMILES string of the molecule is CCOc1cccc(CNC(=O)c2ccnc(F)c2F)c1. The summed E-state index contributed by atoms with van der Waals surface area (Å²) in [4.78, 5) is 15.0. The average molecular weight is 292 g/mol. The van der Waals surface area contributed by atoms with E-state index in [1.807, 2.05) is 6.92 Å². The van der Waals surface area contributed by atoms with Gasteiger partial charge in [0, 0.05) is 12.7 Å². The van der Waals surface area contributed by atoms with Crippen molar-refractivity contribution < 1.29 is 18.3 Å². The first-order valence-corrected chi connectivity index (χ1v) is 6.41. The number of pyridine rings is 1. The number of halogens is 2. The lowest BCUT2D eigenvalue weighted by atomic mass is 10.2. The van der Waals surface area contributed by atoms with Crippen LogP contribution in [0.25, 0.3) is 0 Å². The molecule has 0 unspecified atom stereocenters. The summed E-state index contributed by atoms with van der Waals surface area (Å²) in [6.07, 6.45) is 1.04. The molecule has 0 aliphatic heterocycles. The van der Waals surface area contributed by atoms with Gasteiger partial charge in [-0.15, -0.1) is 0 Å². The molecule has 0 bridgehead atoms. The molecule has 0 fully saturated rings. The molecule has 0 saturated carbocycles. The number of hydrogen-bond acceptors (Lipinski definition) is 3. The summed E-state index contributed by atoms with van der Waals surface area (Å²) in [6.45, 7) is 2.59. The average Bonchev–Trinajstić information content (AvgIpc) is 2.48. The van der Waals surface area contributed by atoms with Crippen molar-refractivity contribution >= 4 is 5.91 Å². The first-order valence-electron chi connectivity index (χ1n) is 6.41. The van der Waals surface area contributed by atoms with Gasteiger partial charge in [0.25, 0.3) is 5.91 Å². The van der Waals surface area contributed by atoms with Crippen molar-refractivity contribution in [2.45, 2.75) is 13.5 Å². The number of aromatic nitrogens is 1. The zero-order chi connectivity index (χ0) is 15.2. The zero-order valence-corrected chi connectivity index (χ0v) is 11.4. The number of ether oxygens (including phenoxy) is 1. The Balaban J connectivity index is 2.04. The lowest BCUT2D eigenvalue weighted by Crippen LogP contribution is -2.24. The Morgan fingerprint density at radius 2 is 2.14 bits per heavy atom. The molecule has 0 saturated heterocycles. The van der Waals surface area contributed by atoms with Gasteiger partial charge in [-0.05, 0) is 30.7 Å². The molecule has 0 aliphatic rings. The van der Waals surface area contributed by atoms with Crippen LogP contribution in [0.4, 0.5) is 8.78 Å². The fourth-order valence-electron chi connectivity index (χ4n) is 1.78. The second-order valence-electron chi connectivity index (χ2n) is 4.23. The van der Waals surface area contributed by atoms with Crippen LogP contribution in [0.3, 0.4) is 0 Å². The van der Waals surface area contributed by atoms with Crippen LogP contribution in [-0.2, 0) is 6.54 Å². The molecule has 0 radical (unpaired) electrons. The molecule has 2 aromatic rings. The van der Waals surface area contributed by atoms with Gasteiger partial charge < -0.3 is 10.1 Å². The lowest BCUT2D eigenvalue weighted by molar-refractivity contribution is 0.0945. The van der Waals surface area contributed by atoms with E-state index in [1.165, 1.54) is 0 Å². The molecule has 110 valence electrons. The van der Waals surface area contributed by atoms with E-state index in [0.29, 0.717) is 12.4 Å². The van der Waals surface area contributed by atoms with Gasteiger partial charge in [-0.3, -0.25) is 4.79 Å². The van der Waals surface area contributed by atoms with Crippen molar-refractivity contribution in [3.63, 3.8) is 0 Å². The highest BCUT2D eigenvalue weighted by Gasteiger charge is 2.15. The number of benzene rings is 1. The van der Waals surface area contributed by atoms with E-state index in [2.05, 4.69) is 10.3 Å². The summed E-state index contributed by atoms with van der Waals surface area (Å²) in [5.41, 5.74) is 0.424. The topological polar surface area (TPSA) is 51.2 Å². The Hall–Kier alpha value is -2.50. The molecule has 1 aromatic heterocycles. The number of amides is 1. The standard InChI is InChI=1S/C15H14F2N2O2/c1-2-21-11-5-3-4-10(8-11)9-19-15(20)12-6-7-18-14(17)13(12)16/h3-8H,2,9H2,1H3,(H,19,20). The van der Waals surface area contributed by atoms with Gasteiger partial charge in [0.2, 0.25) is 5.95 Å². The molecule has 0 aliphatic carbocycles. The summed E-state index contributed by atoms with van der Waals surface area (Å²) in [5.74, 6) is -2.56. The maximum atomic E-state index is 13.4. The maximum Gasteiger partial charge on any atom is 0.254 e. The van der Waals surface area contributed by atoms with Crippen LogP contribution in [0.2, 0.25) is 0 Å². The minimum Gasteiger partial charge on any atom is -0.494 e. The molecule has 6 heteroatoms. The van der Waals surface area contributed by atoms with Crippen molar-refractivity contribution in [3.05, 3.63) is 59.4 Å². The molecule has 1 heterocycles. The van der Waals surface area contributed by atoms with E-state index >= 15 is 0 Å². The third kappa shape index (κ3) is 3.75. The van der Waals surface area contributed by atoms with E-state index in [4.69, 9.17) is 4.74 Å². The fourth-order valence-corrected chi connectivity index (χ4v) is 1.78. The molecule has 1 aromatic carbocycles. The van der Waals surface area contributed by atoms with E-state index < -0.39 is 17.7 Å². The minimum absolute atomic E-state index is 0.184. The van der Waals surface area contributed by atoms with E-state index in [-0.39, 0.29) is 12.1 Å². The Bertz CT molecular complexity index is 647. The first kappa shape index (κ1) is 14.9. The Morgan fingerprint density at radius 1 is 1.33 bits per heavy atom. The van der Waals surface area contributed by atoms with Gasteiger partial charge in [0.1, 0.15) is 5.75 Å². The van der Waals surface area contributed by atoms with Crippen LogP contribution in [0, 0.1) is 11.8 Å². The van der Waals surface area contributed by atoms with Crippen LogP contribution < -0.4 is 10.1 Å². The highest BCUT2D eigenvalue weighted by atomic mass is 19.2. The smallest absolute Gasteiger partial charge is 0.254 e. The van der Waals surface area contributed by atoms with Gasteiger partial charge >= 0.3 is 0 Å². The van der Waals surface area contributed by atoms with Crippen molar-refractivity contribution in [1.82, 2.24) is 10.3 Å². The van der Waals surface area contributed by atoms with Crippen LogP contribution in [0.1, 0.15) is 22.8 Å². The predicted molar refractivity (Wildman–Crippen MR) is 72.9 cm³/mol. The molecule has 21 heavy (non-hydrogen) atoms. The predicted octanol–water partition coefficient (Wildman–Crippen LogP) is 2.69. The van der Waals surface area contributed by atoms with E-state index in [1.54, 1.807) is 24.3 Å². The number of carbonyl (C=O) groups is 1. The Labute approximate surface area is 120 Å². The van der Waals surface area contributed by atoms with Crippen molar-refractivity contribution in [2.75, 3.05) is 6.61 Å². The fraction of sp³-hybridized carbons (Fsp3) is 0.200. The Morgan fingerprint density at radius 3 is 2.90 bits per heavy atom. The quantitative estimate of drug-likeness (QED) is 0.862. The molecular formula is C15H14F2N2O2. The van der Waals surface area contributed by atoms with Gasteiger partial charge in [-0.25, -0.2) is 9.37 Å². The highest BCUT2D eigenvalue weighted by molar-refractivity contribution is 5.94. The van der Waals surface area contributed by atoms with Gasteiger partial charge in [0.05, 0.1) is 12.2 Å². The first-order chi connectivity index (χ1) is 10.1. The normalized spacial score (nSPS) is 10.2. The Kier molecular flexibility index (Phi) is 4.81. The van der Waals surface area contributed by atoms with Crippen LogP contribution in [0.15, 0.2) is 36.5 Å². The molecule has 4 nitrogen and oxygen atoms in total. The number of nitrogens with one attached hydrogen (secondary N) is 1. The van der Waals surface area contributed by atoms with Crippen LogP contribution in [0.5, 0.6) is 5.75 Å². The number of carbonyl (C=O) groups excluding carboxylic acids is 1. The molecule has 0 spiro atoms. The number of hydrogen-bond donors (Lipinski definition) is 1. The van der Waals surface area contributed by atoms with Crippen molar-refractivity contribution in [2.24, 2.45) is 0 Å².